The Labute approximate surface area is 237 Å². The van der Waals surface area contributed by atoms with Crippen molar-refractivity contribution in [3.8, 4) is 0 Å². The van der Waals surface area contributed by atoms with Crippen molar-refractivity contribution in [1.29, 1.82) is 0 Å². The van der Waals surface area contributed by atoms with Crippen LogP contribution < -0.4 is 5.32 Å². The van der Waals surface area contributed by atoms with Gasteiger partial charge in [-0.05, 0) is 52.8 Å². The van der Waals surface area contributed by atoms with Crippen molar-refractivity contribution in [1.82, 2.24) is 4.90 Å². The molecule has 3 aromatic rings. The summed E-state index contributed by atoms with van der Waals surface area (Å²) in [5.41, 5.74) is 4.73. The summed E-state index contributed by atoms with van der Waals surface area (Å²) in [6.07, 6.45) is 0.237. The van der Waals surface area contributed by atoms with Crippen LogP contribution in [0.25, 0.3) is 0 Å². The lowest BCUT2D eigenvalue weighted by Gasteiger charge is -2.45. The van der Waals surface area contributed by atoms with Gasteiger partial charge in [0.2, 0.25) is 11.8 Å². The molecule has 0 aromatic heterocycles. The van der Waals surface area contributed by atoms with E-state index in [1.807, 2.05) is 62.4 Å². The highest BCUT2D eigenvalue weighted by Gasteiger charge is 2.63. The Morgan fingerprint density at radius 2 is 1.38 bits per heavy atom. The first-order valence-corrected chi connectivity index (χ1v) is 13.9. The zero-order chi connectivity index (χ0) is 28.1. The average molecular weight is 557 g/mol. The van der Waals surface area contributed by atoms with Gasteiger partial charge in [-0.2, -0.15) is 0 Å². The fraction of sp³-hybridized carbons (Fsp3) is 0.312. The van der Waals surface area contributed by atoms with Gasteiger partial charge in [-0.15, -0.1) is 0 Å². The molecule has 0 spiro atoms. The molecule has 3 atom stereocenters. The molecular weight excluding hydrogens is 528 g/mol. The van der Waals surface area contributed by atoms with Crippen molar-refractivity contribution in [2.24, 2.45) is 17.8 Å². The summed E-state index contributed by atoms with van der Waals surface area (Å²) in [5, 5.41) is 3.09. The van der Waals surface area contributed by atoms with E-state index in [1.54, 1.807) is 24.3 Å². The second-order valence-electron chi connectivity index (χ2n) is 11.1. The van der Waals surface area contributed by atoms with Crippen molar-refractivity contribution in [2.75, 3.05) is 11.9 Å². The molecule has 204 valence electrons. The smallest absolute Gasteiger partial charge is 0.329 e. The van der Waals surface area contributed by atoms with Crippen LogP contribution in [0.4, 0.5) is 5.69 Å². The largest absolute Gasteiger partial charge is 0.454 e. The van der Waals surface area contributed by atoms with Crippen LogP contribution in [-0.4, -0.2) is 41.2 Å². The number of hydrogen-bond donors (Lipinski definition) is 1. The number of anilines is 1. The summed E-state index contributed by atoms with van der Waals surface area (Å²) in [4.78, 5) is 55.3. The summed E-state index contributed by atoms with van der Waals surface area (Å²) >= 11 is 5.98. The second-order valence-corrected chi connectivity index (χ2v) is 11.6. The molecule has 1 heterocycles. The maximum absolute atomic E-state index is 14.1. The lowest BCUT2D eigenvalue weighted by molar-refractivity contribution is -0.160. The molecule has 4 aliphatic rings. The lowest BCUT2D eigenvalue weighted by atomic mass is 9.55. The van der Waals surface area contributed by atoms with Gasteiger partial charge in [-0.3, -0.25) is 19.3 Å². The van der Waals surface area contributed by atoms with E-state index in [0.29, 0.717) is 10.7 Å². The Hall–Kier alpha value is -3.97. The quantitative estimate of drug-likeness (QED) is 0.322. The Balaban J connectivity index is 1.27. The van der Waals surface area contributed by atoms with Crippen molar-refractivity contribution in [2.45, 2.75) is 38.1 Å². The molecule has 2 bridgehead atoms. The molecule has 0 unspecified atom stereocenters. The molecule has 0 radical (unpaired) electrons. The third kappa shape index (κ3) is 4.29. The van der Waals surface area contributed by atoms with Crippen LogP contribution in [0.2, 0.25) is 5.02 Å². The minimum absolute atomic E-state index is 0.00724. The number of carbonyl (C=O) groups is 4. The molecule has 1 fully saturated rings. The van der Waals surface area contributed by atoms with Gasteiger partial charge < -0.3 is 10.1 Å². The van der Waals surface area contributed by atoms with Crippen LogP contribution in [0.5, 0.6) is 0 Å². The number of hydrogen-bond acceptors (Lipinski definition) is 5. The summed E-state index contributed by atoms with van der Waals surface area (Å²) in [7, 11) is 0. The van der Waals surface area contributed by atoms with Crippen LogP contribution >= 0.6 is 11.6 Å². The highest BCUT2D eigenvalue weighted by Crippen LogP contribution is 2.61. The average Bonchev–Trinajstić information content (AvgIpc) is 3.20. The highest BCUT2D eigenvalue weighted by molar-refractivity contribution is 6.30. The van der Waals surface area contributed by atoms with Crippen LogP contribution in [0.3, 0.4) is 0 Å². The van der Waals surface area contributed by atoms with Crippen LogP contribution in [-0.2, 0) is 23.9 Å². The number of esters is 1. The first kappa shape index (κ1) is 26.3. The number of imide groups is 1. The molecule has 1 aliphatic heterocycles. The number of amides is 3. The van der Waals surface area contributed by atoms with Gasteiger partial charge >= 0.3 is 5.97 Å². The van der Waals surface area contributed by atoms with Gasteiger partial charge in [-0.1, -0.05) is 80.0 Å². The maximum Gasteiger partial charge on any atom is 0.329 e. The number of rotatable bonds is 7. The molecule has 3 aromatic carbocycles. The Morgan fingerprint density at radius 1 is 0.850 bits per heavy atom. The molecule has 1 N–H and O–H groups in total. The standard InChI is InChI=1S/C32H29ClN2O5/c1-17(2)14-24(32(39)40-16-25(36)34-19-9-7-8-18(33)15-19)35-30(37)28-26-20-10-3-4-11-21(20)27(29(28)31(35)38)23-13-6-5-12-22(23)26/h3-13,15,17,24,26-29H,14,16H2,1-2H3,(H,34,36)/t24-,26?,27?,28-,29-/m1/s1. The molecule has 7 nitrogen and oxygen atoms in total. The van der Waals surface area contributed by atoms with Crippen molar-refractivity contribution in [3.05, 3.63) is 100 Å². The molecule has 8 heteroatoms. The van der Waals surface area contributed by atoms with Crippen molar-refractivity contribution < 1.29 is 23.9 Å². The first-order valence-electron chi connectivity index (χ1n) is 13.5. The van der Waals surface area contributed by atoms with Gasteiger partial charge in [-0.25, -0.2) is 4.79 Å². The van der Waals surface area contributed by atoms with Crippen LogP contribution in [0, 0.1) is 17.8 Å². The fourth-order valence-corrected chi connectivity index (χ4v) is 6.95. The molecule has 3 amide bonds. The SMILES string of the molecule is CC(C)C[C@H](C(=O)OCC(=O)Nc1cccc(Cl)c1)N1C(=O)[C@@H]2C3c4ccccc4C(c4ccccc43)[C@H]2C1=O. The van der Waals surface area contributed by atoms with Gasteiger partial charge in [0.05, 0.1) is 11.8 Å². The van der Waals surface area contributed by atoms with E-state index in [4.69, 9.17) is 16.3 Å². The summed E-state index contributed by atoms with van der Waals surface area (Å²) in [5.74, 6) is -3.71. The third-order valence-electron chi connectivity index (χ3n) is 8.21. The van der Waals surface area contributed by atoms with E-state index in [1.165, 1.54) is 0 Å². The number of halogens is 1. The minimum Gasteiger partial charge on any atom is -0.454 e. The summed E-state index contributed by atoms with van der Waals surface area (Å²) in [6.45, 7) is 3.28. The van der Waals surface area contributed by atoms with E-state index < -0.39 is 36.4 Å². The van der Waals surface area contributed by atoms with Crippen LogP contribution in [0.15, 0.2) is 72.8 Å². The fourth-order valence-electron chi connectivity index (χ4n) is 6.76. The number of nitrogens with one attached hydrogen (secondary N) is 1. The first-order chi connectivity index (χ1) is 19.3. The van der Waals surface area contributed by atoms with Gasteiger partial charge in [0.1, 0.15) is 6.04 Å². The minimum atomic E-state index is -1.12. The monoisotopic (exact) mass is 556 g/mol. The molecule has 0 saturated carbocycles. The number of nitrogens with zero attached hydrogens (tertiary/aromatic N) is 1. The molecule has 7 rings (SSSR count). The second kappa shape index (κ2) is 10.2. The Morgan fingerprint density at radius 3 is 1.85 bits per heavy atom. The van der Waals surface area contributed by atoms with E-state index in [2.05, 4.69) is 5.32 Å². The van der Waals surface area contributed by atoms with Crippen molar-refractivity contribution >= 4 is 41.0 Å². The third-order valence-corrected chi connectivity index (χ3v) is 8.45. The van der Waals surface area contributed by atoms with E-state index in [0.717, 1.165) is 27.2 Å². The predicted octanol–water partition coefficient (Wildman–Crippen LogP) is 5.13. The zero-order valence-corrected chi connectivity index (χ0v) is 22.9. The number of benzene rings is 3. The van der Waals surface area contributed by atoms with Crippen LogP contribution in [0.1, 0.15) is 54.4 Å². The predicted molar refractivity (Wildman–Crippen MR) is 150 cm³/mol. The molecule has 40 heavy (non-hydrogen) atoms. The Kier molecular flexibility index (Phi) is 6.70. The summed E-state index contributed by atoms with van der Waals surface area (Å²) < 4.78 is 5.39. The van der Waals surface area contributed by atoms with E-state index in [9.17, 15) is 19.2 Å². The number of carbonyl (C=O) groups excluding carboxylic acids is 4. The maximum atomic E-state index is 14.1. The molecule has 1 saturated heterocycles. The molecule has 3 aliphatic carbocycles. The lowest BCUT2D eigenvalue weighted by Crippen LogP contribution is -2.47. The Bertz CT molecular complexity index is 1420. The molecular formula is C32H29ClN2O5. The topological polar surface area (TPSA) is 92.8 Å². The number of ether oxygens (including phenoxy) is 1. The van der Waals surface area contributed by atoms with E-state index in [-0.39, 0.29) is 36.0 Å². The van der Waals surface area contributed by atoms with Gasteiger partial charge in [0, 0.05) is 22.5 Å². The van der Waals surface area contributed by atoms with E-state index >= 15 is 0 Å². The van der Waals surface area contributed by atoms with Gasteiger partial charge in [0.15, 0.2) is 6.61 Å². The number of likely N-dealkylation sites (tertiary alicyclic amines) is 1. The highest BCUT2D eigenvalue weighted by atomic mass is 35.5. The zero-order valence-electron chi connectivity index (χ0n) is 22.2. The van der Waals surface area contributed by atoms with Gasteiger partial charge in [0.25, 0.3) is 5.91 Å². The summed E-state index contributed by atoms with van der Waals surface area (Å²) in [6, 6.07) is 21.5. The normalized spacial score (nSPS) is 22.9. The van der Waals surface area contributed by atoms with Crippen molar-refractivity contribution in [3.63, 3.8) is 0 Å².